The molecule has 7 nitrogen and oxygen atoms in total. The quantitative estimate of drug-likeness (QED) is 0.702. The van der Waals surface area contributed by atoms with Crippen LogP contribution in [0, 0.1) is 6.92 Å². The molecule has 1 fully saturated rings. The van der Waals surface area contributed by atoms with Crippen LogP contribution in [0.3, 0.4) is 0 Å². The van der Waals surface area contributed by atoms with Gasteiger partial charge in [-0.3, -0.25) is 4.79 Å². The van der Waals surface area contributed by atoms with Crippen LogP contribution in [0.1, 0.15) is 15.9 Å². The van der Waals surface area contributed by atoms with Crippen molar-refractivity contribution in [2.45, 2.75) is 11.8 Å². The van der Waals surface area contributed by atoms with Gasteiger partial charge in [0.2, 0.25) is 10.0 Å². The molecule has 3 rings (SSSR count). The van der Waals surface area contributed by atoms with E-state index >= 15 is 0 Å². The smallest absolute Gasteiger partial charge is 0.255 e. The minimum atomic E-state index is -3.68. The fraction of sp³-hybridized carbons (Fsp3) is 0.286. The van der Waals surface area contributed by atoms with Crippen LogP contribution in [0.25, 0.3) is 0 Å². The predicted molar refractivity (Wildman–Crippen MR) is 111 cm³/mol. The second kappa shape index (κ2) is 9.21. The number of nitrogens with one attached hydrogen (secondary N) is 1. The van der Waals surface area contributed by atoms with Crippen LogP contribution in [0.5, 0.6) is 5.75 Å². The minimum Gasteiger partial charge on any atom is -0.489 e. The molecule has 1 saturated heterocycles. The van der Waals surface area contributed by atoms with E-state index in [2.05, 4.69) is 11.9 Å². The van der Waals surface area contributed by atoms with Crippen molar-refractivity contribution in [3.05, 3.63) is 66.2 Å². The number of morpholine rings is 1. The molecule has 0 aromatic heterocycles. The highest BCUT2D eigenvalue weighted by molar-refractivity contribution is 7.89. The van der Waals surface area contributed by atoms with E-state index in [4.69, 9.17) is 9.47 Å². The summed E-state index contributed by atoms with van der Waals surface area (Å²) in [6.45, 7) is 7.06. The first kappa shape index (κ1) is 21.0. The molecule has 0 saturated carbocycles. The standard InChI is InChI=1S/C21H24N2O5S/c1-3-11-28-18-6-4-5-17(14-18)22-21(24)20-15-19(8-7-16(20)2)29(25,26)23-9-12-27-13-10-23/h3-8,14-15H,1,9-13H2,2H3,(H,22,24). The molecule has 0 aliphatic carbocycles. The Kier molecular flexibility index (Phi) is 6.68. The number of benzene rings is 2. The molecule has 2 aromatic carbocycles. The summed E-state index contributed by atoms with van der Waals surface area (Å²) in [5.74, 6) is 0.213. The maximum absolute atomic E-state index is 12.9. The van der Waals surface area contributed by atoms with Crippen molar-refractivity contribution < 1.29 is 22.7 Å². The lowest BCUT2D eigenvalue weighted by Crippen LogP contribution is -2.40. The molecule has 0 radical (unpaired) electrons. The predicted octanol–water partition coefficient (Wildman–Crippen LogP) is 2.83. The lowest BCUT2D eigenvalue weighted by Gasteiger charge is -2.26. The topological polar surface area (TPSA) is 84.9 Å². The molecule has 8 heteroatoms. The Bertz CT molecular complexity index is 998. The summed E-state index contributed by atoms with van der Waals surface area (Å²) in [5.41, 5.74) is 1.54. The molecule has 0 spiro atoms. The minimum absolute atomic E-state index is 0.0956. The van der Waals surface area contributed by atoms with Gasteiger partial charge in [0.05, 0.1) is 18.1 Å². The Morgan fingerprint density at radius 1 is 1.24 bits per heavy atom. The lowest BCUT2D eigenvalue weighted by atomic mass is 10.1. The summed E-state index contributed by atoms with van der Waals surface area (Å²) < 4.78 is 37.9. The summed E-state index contributed by atoms with van der Waals surface area (Å²) in [6.07, 6.45) is 1.63. The highest BCUT2D eigenvalue weighted by Crippen LogP contribution is 2.23. The molecule has 1 heterocycles. The number of sulfonamides is 1. The normalized spacial score (nSPS) is 14.9. The summed E-state index contributed by atoms with van der Waals surface area (Å²) in [6, 6.07) is 11.6. The number of carbonyl (C=O) groups is 1. The van der Waals surface area contributed by atoms with Crippen molar-refractivity contribution >= 4 is 21.6 Å². The van der Waals surface area contributed by atoms with Crippen LogP contribution in [0.4, 0.5) is 5.69 Å². The van der Waals surface area contributed by atoms with Gasteiger partial charge in [0.25, 0.3) is 5.91 Å². The van der Waals surface area contributed by atoms with Gasteiger partial charge in [0.1, 0.15) is 12.4 Å². The van der Waals surface area contributed by atoms with E-state index < -0.39 is 10.0 Å². The second-order valence-corrected chi connectivity index (χ2v) is 8.51. The van der Waals surface area contributed by atoms with E-state index in [1.165, 1.54) is 16.4 Å². The van der Waals surface area contributed by atoms with Gasteiger partial charge in [0, 0.05) is 30.4 Å². The van der Waals surface area contributed by atoms with Crippen LogP contribution >= 0.6 is 0 Å². The lowest BCUT2D eigenvalue weighted by molar-refractivity contribution is 0.0730. The first-order valence-corrected chi connectivity index (χ1v) is 10.7. The number of ether oxygens (including phenoxy) is 2. The zero-order chi connectivity index (χ0) is 20.9. The van der Waals surface area contributed by atoms with Crippen LogP contribution in [-0.4, -0.2) is 51.5 Å². The summed E-state index contributed by atoms with van der Waals surface area (Å²) in [4.78, 5) is 12.9. The Morgan fingerprint density at radius 2 is 2.00 bits per heavy atom. The van der Waals surface area contributed by atoms with E-state index in [0.717, 1.165) is 0 Å². The molecular weight excluding hydrogens is 392 g/mol. The van der Waals surface area contributed by atoms with E-state index in [1.807, 2.05) is 0 Å². The average molecular weight is 416 g/mol. The number of aryl methyl sites for hydroxylation is 1. The van der Waals surface area contributed by atoms with Gasteiger partial charge in [-0.2, -0.15) is 4.31 Å². The molecule has 1 N–H and O–H groups in total. The third-order valence-electron chi connectivity index (χ3n) is 4.52. The molecule has 0 atom stereocenters. The Balaban J connectivity index is 1.82. The number of hydrogen-bond acceptors (Lipinski definition) is 5. The Labute approximate surface area is 171 Å². The van der Waals surface area contributed by atoms with Crippen LogP contribution < -0.4 is 10.1 Å². The number of anilines is 1. The number of hydrogen-bond donors (Lipinski definition) is 1. The average Bonchev–Trinajstić information content (AvgIpc) is 2.73. The van der Waals surface area contributed by atoms with Gasteiger partial charge in [-0.25, -0.2) is 8.42 Å². The highest BCUT2D eigenvalue weighted by atomic mass is 32.2. The molecule has 29 heavy (non-hydrogen) atoms. The van der Waals surface area contributed by atoms with Gasteiger partial charge in [-0.15, -0.1) is 0 Å². The van der Waals surface area contributed by atoms with Crippen molar-refractivity contribution in [3.63, 3.8) is 0 Å². The molecule has 1 aliphatic rings. The van der Waals surface area contributed by atoms with Crippen molar-refractivity contribution in [2.24, 2.45) is 0 Å². The first-order chi connectivity index (χ1) is 13.9. The van der Waals surface area contributed by atoms with Crippen molar-refractivity contribution in [2.75, 3.05) is 38.2 Å². The van der Waals surface area contributed by atoms with Gasteiger partial charge >= 0.3 is 0 Å². The number of amides is 1. The van der Waals surface area contributed by atoms with Crippen LogP contribution in [0.15, 0.2) is 60.0 Å². The molecule has 1 aliphatic heterocycles. The zero-order valence-corrected chi connectivity index (χ0v) is 17.1. The van der Waals surface area contributed by atoms with Crippen molar-refractivity contribution in [1.82, 2.24) is 4.31 Å². The van der Waals surface area contributed by atoms with E-state index in [-0.39, 0.29) is 10.8 Å². The number of rotatable bonds is 7. The third kappa shape index (κ3) is 5.03. The summed E-state index contributed by atoms with van der Waals surface area (Å²) in [5, 5.41) is 2.80. The SMILES string of the molecule is C=CCOc1cccc(NC(=O)c2cc(S(=O)(=O)N3CCOCC3)ccc2C)c1. The first-order valence-electron chi connectivity index (χ1n) is 9.25. The molecule has 0 unspecified atom stereocenters. The molecule has 1 amide bonds. The molecule has 2 aromatic rings. The van der Waals surface area contributed by atoms with E-state index in [9.17, 15) is 13.2 Å². The second-order valence-electron chi connectivity index (χ2n) is 6.57. The van der Waals surface area contributed by atoms with Crippen molar-refractivity contribution in [3.8, 4) is 5.75 Å². The fourth-order valence-corrected chi connectivity index (χ4v) is 4.39. The Hall–Kier alpha value is -2.68. The molecular formula is C21H24N2O5S. The van der Waals surface area contributed by atoms with Crippen LogP contribution in [0.2, 0.25) is 0 Å². The largest absolute Gasteiger partial charge is 0.489 e. The third-order valence-corrected chi connectivity index (χ3v) is 6.42. The fourth-order valence-electron chi connectivity index (χ4n) is 2.96. The number of nitrogens with zero attached hydrogens (tertiary/aromatic N) is 1. The van der Waals surface area contributed by atoms with E-state index in [0.29, 0.717) is 55.5 Å². The van der Waals surface area contributed by atoms with Gasteiger partial charge in [-0.1, -0.05) is 24.8 Å². The monoisotopic (exact) mass is 416 g/mol. The molecule has 0 bridgehead atoms. The number of carbonyl (C=O) groups excluding carboxylic acids is 1. The zero-order valence-electron chi connectivity index (χ0n) is 16.3. The highest BCUT2D eigenvalue weighted by Gasteiger charge is 2.27. The maximum atomic E-state index is 12.9. The van der Waals surface area contributed by atoms with Crippen LogP contribution in [-0.2, 0) is 14.8 Å². The summed E-state index contributed by atoms with van der Waals surface area (Å²) in [7, 11) is -3.68. The van der Waals surface area contributed by atoms with Gasteiger partial charge < -0.3 is 14.8 Å². The maximum Gasteiger partial charge on any atom is 0.255 e. The van der Waals surface area contributed by atoms with E-state index in [1.54, 1.807) is 43.3 Å². The van der Waals surface area contributed by atoms with Gasteiger partial charge in [0.15, 0.2) is 0 Å². The van der Waals surface area contributed by atoms with Crippen molar-refractivity contribution in [1.29, 1.82) is 0 Å². The molecule has 154 valence electrons. The summed E-state index contributed by atoms with van der Waals surface area (Å²) >= 11 is 0. The Morgan fingerprint density at radius 3 is 2.72 bits per heavy atom. The van der Waals surface area contributed by atoms with Gasteiger partial charge in [-0.05, 0) is 36.8 Å².